The van der Waals surface area contributed by atoms with Crippen LogP contribution in [0, 0.1) is 25.2 Å². The second-order valence-electron chi connectivity index (χ2n) is 3.42. The van der Waals surface area contributed by atoms with Gasteiger partial charge in [-0.25, -0.2) is 4.98 Å². The number of hydrogen-bond donors (Lipinski definition) is 1. The molecule has 0 saturated carbocycles. The maximum Gasteiger partial charge on any atom is 0.313 e. The fraction of sp³-hybridized carbons (Fsp3) is 0.400. The van der Waals surface area contributed by atoms with Crippen molar-refractivity contribution in [2.75, 3.05) is 0 Å². The molecule has 1 aromatic rings. The van der Waals surface area contributed by atoms with Crippen LogP contribution in [0.1, 0.15) is 29.3 Å². The Hall–Kier alpha value is -1.45. The van der Waals surface area contributed by atoms with Crippen molar-refractivity contribution < 1.29 is 13.0 Å². The van der Waals surface area contributed by atoms with E-state index in [9.17, 15) is 8.42 Å². The monoisotopic (exact) mass is 240 g/mol. The summed E-state index contributed by atoms with van der Waals surface area (Å²) in [6.45, 7) is 5.20. The highest BCUT2D eigenvalue weighted by Crippen LogP contribution is 2.22. The van der Waals surface area contributed by atoms with Gasteiger partial charge in [0, 0.05) is 5.69 Å². The van der Waals surface area contributed by atoms with E-state index in [0.717, 1.165) is 5.56 Å². The molecule has 86 valence electrons. The van der Waals surface area contributed by atoms with Gasteiger partial charge in [0.2, 0.25) is 5.03 Å². The van der Waals surface area contributed by atoms with Gasteiger partial charge in [-0.05, 0) is 31.4 Å². The second-order valence-corrected chi connectivity index (χ2v) is 4.76. The predicted octanol–water partition coefficient (Wildman–Crippen LogP) is 1.38. The highest BCUT2D eigenvalue weighted by molar-refractivity contribution is 7.85. The largest absolute Gasteiger partial charge is 0.313 e. The first kappa shape index (κ1) is 12.6. The lowest BCUT2D eigenvalue weighted by Crippen LogP contribution is -2.10. The third-order valence-corrected chi connectivity index (χ3v) is 3.24. The number of nitriles is 1. The molecule has 16 heavy (non-hydrogen) atoms. The van der Waals surface area contributed by atoms with Crippen LogP contribution in [-0.4, -0.2) is 18.0 Å². The first-order valence-corrected chi connectivity index (χ1v) is 6.14. The van der Waals surface area contributed by atoms with Crippen LogP contribution in [0.2, 0.25) is 0 Å². The molecule has 0 saturated heterocycles. The van der Waals surface area contributed by atoms with Crippen LogP contribution in [-0.2, 0) is 16.5 Å². The molecule has 1 aromatic heterocycles. The van der Waals surface area contributed by atoms with Crippen LogP contribution in [0.15, 0.2) is 5.03 Å². The molecule has 0 aliphatic heterocycles. The third-order valence-electron chi connectivity index (χ3n) is 2.46. The molecule has 0 spiro atoms. The summed E-state index contributed by atoms with van der Waals surface area (Å²) >= 11 is 0. The Bertz CT molecular complexity index is 571. The summed E-state index contributed by atoms with van der Waals surface area (Å²) in [5.74, 6) is 0. The molecule has 5 nitrogen and oxygen atoms in total. The summed E-state index contributed by atoms with van der Waals surface area (Å²) < 4.78 is 31.1. The zero-order chi connectivity index (χ0) is 12.5. The van der Waals surface area contributed by atoms with E-state index in [-0.39, 0.29) is 5.56 Å². The Morgan fingerprint density at radius 3 is 2.38 bits per heavy atom. The zero-order valence-corrected chi connectivity index (χ0v) is 10.1. The van der Waals surface area contributed by atoms with E-state index in [1.54, 1.807) is 19.9 Å². The number of pyridine rings is 1. The molecule has 0 aliphatic carbocycles. The average Bonchev–Trinajstić information content (AvgIpc) is 2.16. The molecular formula is C10H12N2O3S. The van der Waals surface area contributed by atoms with Crippen LogP contribution >= 0.6 is 0 Å². The van der Waals surface area contributed by atoms with Crippen molar-refractivity contribution in [2.24, 2.45) is 0 Å². The lowest BCUT2D eigenvalue weighted by Gasteiger charge is -2.11. The molecule has 0 amide bonds. The SMILES string of the molecule is CCc1c(C)nc(S(=O)(=O)O)c(C#N)c1C. The van der Waals surface area contributed by atoms with Gasteiger partial charge in [-0.2, -0.15) is 13.7 Å². The van der Waals surface area contributed by atoms with Gasteiger partial charge in [-0.1, -0.05) is 6.92 Å². The summed E-state index contributed by atoms with van der Waals surface area (Å²) in [5.41, 5.74) is 1.84. The van der Waals surface area contributed by atoms with Gasteiger partial charge in [-0.3, -0.25) is 4.55 Å². The number of hydrogen-bond acceptors (Lipinski definition) is 4. The van der Waals surface area contributed by atoms with Crippen LogP contribution in [0.3, 0.4) is 0 Å². The van der Waals surface area contributed by atoms with Crippen molar-refractivity contribution in [2.45, 2.75) is 32.2 Å². The molecule has 0 atom stereocenters. The molecule has 0 aromatic carbocycles. The Morgan fingerprint density at radius 1 is 1.44 bits per heavy atom. The van der Waals surface area contributed by atoms with Crippen molar-refractivity contribution in [1.29, 1.82) is 5.26 Å². The summed E-state index contributed by atoms with van der Waals surface area (Å²) in [4.78, 5) is 3.79. The lowest BCUT2D eigenvalue weighted by molar-refractivity contribution is 0.478. The molecule has 0 aliphatic rings. The molecule has 0 bridgehead atoms. The van der Waals surface area contributed by atoms with E-state index in [1.165, 1.54) is 0 Å². The van der Waals surface area contributed by atoms with Crippen LogP contribution in [0.25, 0.3) is 0 Å². The second kappa shape index (κ2) is 4.20. The van der Waals surface area contributed by atoms with Crippen LogP contribution < -0.4 is 0 Å². The average molecular weight is 240 g/mol. The van der Waals surface area contributed by atoms with E-state index in [0.29, 0.717) is 17.7 Å². The Morgan fingerprint density at radius 2 is 2.00 bits per heavy atom. The molecule has 1 rings (SSSR count). The number of aryl methyl sites for hydroxylation is 1. The number of nitrogens with zero attached hydrogens (tertiary/aromatic N) is 2. The quantitative estimate of drug-likeness (QED) is 0.788. The molecular weight excluding hydrogens is 228 g/mol. The van der Waals surface area contributed by atoms with Crippen molar-refractivity contribution in [3.8, 4) is 6.07 Å². The van der Waals surface area contributed by atoms with Crippen LogP contribution in [0.5, 0.6) is 0 Å². The normalized spacial score (nSPS) is 11.2. The van der Waals surface area contributed by atoms with Gasteiger partial charge < -0.3 is 0 Å². The fourth-order valence-corrected chi connectivity index (χ4v) is 2.41. The number of aromatic nitrogens is 1. The molecule has 0 radical (unpaired) electrons. The zero-order valence-electron chi connectivity index (χ0n) is 9.27. The van der Waals surface area contributed by atoms with Gasteiger partial charge >= 0.3 is 10.1 Å². The van der Waals surface area contributed by atoms with Gasteiger partial charge in [0.25, 0.3) is 0 Å². The van der Waals surface area contributed by atoms with Crippen molar-refractivity contribution in [3.63, 3.8) is 0 Å². The summed E-state index contributed by atoms with van der Waals surface area (Å²) in [6.07, 6.45) is 0.658. The van der Waals surface area contributed by atoms with E-state index in [2.05, 4.69) is 4.98 Å². The molecule has 0 unspecified atom stereocenters. The molecule has 6 heteroatoms. The van der Waals surface area contributed by atoms with Crippen LogP contribution in [0.4, 0.5) is 0 Å². The minimum absolute atomic E-state index is 0.0787. The fourth-order valence-electron chi connectivity index (χ4n) is 1.70. The number of rotatable bonds is 2. The summed E-state index contributed by atoms with van der Waals surface area (Å²) in [5, 5.41) is 8.35. The lowest BCUT2D eigenvalue weighted by atomic mass is 10.0. The van der Waals surface area contributed by atoms with Crippen molar-refractivity contribution >= 4 is 10.1 Å². The highest BCUT2D eigenvalue weighted by Gasteiger charge is 2.22. The molecule has 1 N–H and O–H groups in total. The van der Waals surface area contributed by atoms with E-state index >= 15 is 0 Å². The maximum atomic E-state index is 11.1. The van der Waals surface area contributed by atoms with Crippen molar-refractivity contribution in [3.05, 3.63) is 22.4 Å². The van der Waals surface area contributed by atoms with Gasteiger partial charge in [0.15, 0.2) is 0 Å². The van der Waals surface area contributed by atoms with E-state index < -0.39 is 15.1 Å². The third kappa shape index (κ3) is 2.05. The first-order chi connectivity index (χ1) is 7.32. The smallest absolute Gasteiger partial charge is 0.281 e. The highest BCUT2D eigenvalue weighted by atomic mass is 32.2. The standard InChI is InChI=1S/C10H12N2O3S/c1-4-8-6(2)9(5-11)10(12-7(8)3)16(13,14)15/h4H2,1-3H3,(H,13,14,15). The van der Waals surface area contributed by atoms with Crippen molar-refractivity contribution in [1.82, 2.24) is 4.98 Å². The summed E-state index contributed by atoms with van der Waals surface area (Å²) in [7, 11) is -4.45. The minimum atomic E-state index is -4.45. The Kier molecular flexibility index (Phi) is 3.31. The van der Waals surface area contributed by atoms with Gasteiger partial charge in [-0.15, -0.1) is 0 Å². The topological polar surface area (TPSA) is 91.1 Å². The van der Waals surface area contributed by atoms with Gasteiger partial charge in [0.05, 0.1) is 5.56 Å². The van der Waals surface area contributed by atoms with Gasteiger partial charge in [0.1, 0.15) is 6.07 Å². The van der Waals surface area contributed by atoms with E-state index in [4.69, 9.17) is 9.81 Å². The predicted molar refractivity (Wildman–Crippen MR) is 57.6 cm³/mol. The first-order valence-electron chi connectivity index (χ1n) is 4.70. The molecule has 1 heterocycles. The Labute approximate surface area is 94.5 Å². The summed E-state index contributed by atoms with van der Waals surface area (Å²) in [6, 6.07) is 1.77. The van der Waals surface area contributed by atoms with E-state index in [1.807, 2.05) is 6.92 Å². The Balaban J connectivity index is 3.76. The maximum absolute atomic E-state index is 11.1. The minimum Gasteiger partial charge on any atom is -0.281 e. The molecule has 0 fully saturated rings.